The van der Waals surface area contributed by atoms with Gasteiger partial charge in [0.2, 0.25) is 0 Å². The third-order valence-electron chi connectivity index (χ3n) is 2.06. The first-order valence-corrected chi connectivity index (χ1v) is 6.73. The average Bonchev–Trinajstić information content (AvgIpc) is 2.22. The molecule has 16 heavy (non-hydrogen) atoms. The summed E-state index contributed by atoms with van der Waals surface area (Å²) in [7, 11) is -3.29. The van der Waals surface area contributed by atoms with Crippen molar-refractivity contribution in [2.75, 3.05) is 13.2 Å². The molecule has 0 fully saturated rings. The van der Waals surface area contributed by atoms with Gasteiger partial charge in [0.15, 0.2) is 0 Å². The van der Waals surface area contributed by atoms with Crippen LogP contribution in [0.4, 0.5) is 4.39 Å². The molecule has 0 saturated carbocycles. The molecule has 3 nitrogen and oxygen atoms in total. The van der Waals surface area contributed by atoms with Gasteiger partial charge in [-0.25, -0.2) is 4.39 Å². The van der Waals surface area contributed by atoms with E-state index in [1.807, 2.05) is 0 Å². The minimum absolute atomic E-state index is 0.285. The maximum Gasteiger partial charge on any atom is 0.361 e. The first-order chi connectivity index (χ1) is 7.53. The number of benzene rings is 1. The second-order valence-corrected chi connectivity index (χ2v) is 5.29. The average molecular weight is 246 g/mol. The molecule has 5 heteroatoms. The third-order valence-corrected chi connectivity index (χ3v) is 4.16. The van der Waals surface area contributed by atoms with E-state index in [9.17, 15) is 8.96 Å². The molecule has 0 radical (unpaired) electrons. The maximum atomic E-state index is 13.1. The van der Waals surface area contributed by atoms with E-state index >= 15 is 0 Å². The Bertz CT molecular complexity index is 396. The van der Waals surface area contributed by atoms with E-state index in [0.717, 1.165) is 0 Å². The topological polar surface area (TPSA) is 35.5 Å². The summed E-state index contributed by atoms with van der Waals surface area (Å²) in [5.74, 6) is -0.330. The van der Waals surface area contributed by atoms with E-state index in [1.165, 1.54) is 18.2 Å². The Kier molecular flexibility index (Phi) is 4.66. The van der Waals surface area contributed by atoms with Crippen LogP contribution in [0, 0.1) is 12.7 Å². The zero-order chi connectivity index (χ0) is 12.2. The molecular formula is C11H16FO3P. The quantitative estimate of drug-likeness (QED) is 0.749. The summed E-state index contributed by atoms with van der Waals surface area (Å²) in [6.45, 7) is 5.66. The van der Waals surface area contributed by atoms with Gasteiger partial charge in [-0.1, -0.05) is 0 Å². The van der Waals surface area contributed by atoms with E-state index in [4.69, 9.17) is 9.05 Å². The number of aryl methyl sites for hydroxylation is 1. The molecule has 0 heterocycles. The van der Waals surface area contributed by atoms with Crippen LogP contribution in [0.5, 0.6) is 0 Å². The van der Waals surface area contributed by atoms with Crippen LogP contribution in [0.3, 0.4) is 0 Å². The standard InChI is InChI=1S/C11H16FO3P/c1-4-14-16(13,15-5-2)10-6-7-11(12)9(3)8-10/h6-8H,4-5H2,1-3H3. The Morgan fingerprint density at radius 2 is 1.81 bits per heavy atom. The summed E-state index contributed by atoms with van der Waals surface area (Å²) < 4.78 is 35.7. The minimum atomic E-state index is -3.29. The Hall–Kier alpha value is -0.700. The number of rotatable bonds is 5. The summed E-state index contributed by atoms with van der Waals surface area (Å²) in [6.07, 6.45) is 0. The van der Waals surface area contributed by atoms with Crippen LogP contribution in [0.1, 0.15) is 19.4 Å². The van der Waals surface area contributed by atoms with Gasteiger partial charge in [-0.05, 0) is 44.5 Å². The fourth-order valence-corrected chi connectivity index (χ4v) is 2.99. The lowest BCUT2D eigenvalue weighted by molar-refractivity contribution is 0.230. The highest BCUT2D eigenvalue weighted by molar-refractivity contribution is 7.62. The summed E-state index contributed by atoms with van der Waals surface area (Å²) in [5, 5.41) is 0.398. The van der Waals surface area contributed by atoms with Crippen LogP contribution in [-0.2, 0) is 13.6 Å². The van der Waals surface area contributed by atoms with Gasteiger partial charge in [-0.15, -0.1) is 0 Å². The fraction of sp³-hybridized carbons (Fsp3) is 0.455. The number of halogens is 1. The molecule has 0 N–H and O–H groups in total. The second-order valence-electron chi connectivity index (χ2n) is 3.27. The SMILES string of the molecule is CCOP(=O)(OCC)c1ccc(F)c(C)c1. The lowest BCUT2D eigenvalue weighted by Gasteiger charge is -2.17. The van der Waals surface area contributed by atoms with Crippen molar-refractivity contribution in [3.63, 3.8) is 0 Å². The zero-order valence-corrected chi connectivity index (χ0v) is 10.6. The Labute approximate surface area is 95.1 Å². The largest absolute Gasteiger partial charge is 0.361 e. The van der Waals surface area contributed by atoms with Crippen molar-refractivity contribution in [2.45, 2.75) is 20.8 Å². The van der Waals surface area contributed by atoms with Crippen molar-refractivity contribution in [1.82, 2.24) is 0 Å². The molecule has 0 aliphatic rings. The van der Waals surface area contributed by atoms with Crippen LogP contribution < -0.4 is 5.30 Å². The lowest BCUT2D eigenvalue weighted by Crippen LogP contribution is -2.11. The van der Waals surface area contributed by atoms with Gasteiger partial charge in [0.05, 0.1) is 18.5 Å². The molecule has 0 unspecified atom stereocenters. The molecule has 0 saturated heterocycles. The number of hydrogen-bond donors (Lipinski definition) is 0. The van der Waals surface area contributed by atoms with Crippen LogP contribution in [-0.4, -0.2) is 13.2 Å². The molecule has 0 atom stereocenters. The van der Waals surface area contributed by atoms with Gasteiger partial charge in [-0.3, -0.25) is 4.57 Å². The van der Waals surface area contributed by atoms with Gasteiger partial charge < -0.3 is 9.05 Å². The van der Waals surface area contributed by atoms with Crippen molar-refractivity contribution in [2.24, 2.45) is 0 Å². The summed E-state index contributed by atoms with van der Waals surface area (Å²) >= 11 is 0. The third kappa shape index (κ3) is 2.91. The molecule has 90 valence electrons. The second kappa shape index (κ2) is 5.58. The first-order valence-electron chi connectivity index (χ1n) is 5.19. The molecule has 1 aromatic rings. The Morgan fingerprint density at radius 3 is 2.25 bits per heavy atom. The van der Waals surface area contributed by atoms with E-state index in [1.54, 1.807) is 20.8 Å². The van der Waals surface area contributed by atoms with Crippen molar-refractivity contribution < 1.29 is 18.0 Å². The molecule has 1 aromatic carbocycles. The van der Waals surface area contributed by atoms with Crippen LogP contribution >= 0.6 is 7.60 Å². The minimum Gasteiger partial charge on any atom is -0.305 e. The van der Waals surface area contributed by atoms with E-state index in [-0.39, 0.29) is 19.0 Å². The summed E-state index contributed by atoms with van der Waals surface area (Å²) in [5.41, 5.74) is 0.428. The van der Waals surface area contributed by atoms with E-state index < -0.39 is 7.60 Å². The monoisotopic (exact) mass is 246 g/mol. The molecule has 0 amide bonds. The van der Waals surface area contributed by atoms with Crippen LogP contribution in [0.15, 0.2) is 18.2 Å². The highest BCUT2D eigenvalue weighted by Crippen LogP contribution is 2.46. The molecule has 0 bridgehead atoms. The highest BCUT2D eigenvalue weighted by Gasteiger charge is 2.26. The maximum absolute atomic E-state index is 13.1. The molecule has 0 aliphatic heterocycles. The Balaban J connectivity index is 3.11. The van der Waals surface area contributed by atoms with Gasteiger partial charge in [0.1, 0.15) is 5.82 Å². The summed E-state index contributed by atoms with van der Waals surface area (Å²) in [4.78, 5) is 0. The molecule has 0 aromatic heterocycles. The highest BCUT2D eigenvalue weighted by atomic mass is 31.2. The van der Waals surface area contributed by atoms with E-state index in [2.05, 4.69) is 0 Å². The van der Waals surface area contributed by atoms with Crippen molar-refractivity contribution in [1.29, 1.82) is 0 Å². The van der Waals surface area contributed by atoms with Crippen molar-refractivity contribution in [3.8, 4) is 0 Å². The molecule has 0 aliphatic carbocycles. The molecule has 1 rings (SSSR count). The normalized spacial score (nSPS) is 11.8. The molecule has 0 spiro atoms. The smallest absolute Gasteiger partial charge is 0.305 e. The lowest BCUT2D eigenvalue weighted by atomic mass is 10.2. The molecular weight excluding hydrogens is 230 g/mol. The first kappa shape index (κ1) is 13.4. The predicted molar refractivity (Wildman–Crippen MR) is 61.6 cm³/mol. The van der Waals surface area contributed by atoms with Crippen molar-refractivity contribution >= 4 is 12.9 Å². The van der Waals surface area contributed by atoms with Crippen molar-refractivity contribution in [3.05, 3.63) is 29.6 Å². The van der Waals surface area contributed by atoms with Gasteiger partial charge in [0, 0.05) is 0 Å². The predicted octanol–water partition coefficient (Wildman–Crippen LogP) is 3.03. The van der Waals surface area contributed by atoms with Crippen LogP contribution in [0.2, 0.25) is 0 Å². The van der Waals surface area contributed by atoms with Crippen LogP contribution in [0.25, 0.3) is 0 Å². The summed E-state index contributed by atoms with van der Waals surface area (Å²) in [6, 6.07) is 4.21. The zero-order valence-electron chi connectivity index (χ0n) is 9.70. The Morgan fingerprint density at radius 1 is 1.25 bits per heavy atom. The van der Waals surface area contributed by atoms with E-state index in [0.29, 0.717) is 10.9 Å². The van der Waals surface area contributed by atoms with Gasteiger partial charge in [0.25, 0.3) is 0 Å². The van der Waals surface area contributed by atoms with Gasteiger partial charge >= 0.3 is 7.60 Å². The number of hydrogen-bond acceptors (Lipinski definition) is 3. The fourth-order valence-electron chi connectivity index (χ4n) is 1.33. The van der Waals surface area contributed by atoms with Gasteiger partial charge in [-0.2, -0.15) is 0 Å².